The molecule has 1 atom stereocenters. The van der Waals surface area contributed by atoms with Crippen molar-refractivity contribution in [3.05, 3.63) is 52.1 Å². The molecule has 2 fully saturated rings. The van der Waals surface area contributed by atoms with Crippen molar-refractivity contribution in [2.75, 3.05) is 13.1 Å². The smallest absolute Gasteiger partial charge is 0.259 e. The third-order valence-electron chi connectivity index (χ3n) is 6.14. The van der Waals surface area contributed by atoms with Crippen molar-refractivity contribution in [3.8, 4) is 0 Å². The van der Waals surface area contributed by atoms with Crippen LogP contribution in [0, 0.1) is 5.82 Å². The van der Waals surface area contributed by atoms with Crippen LogP contribution in [0.15, 0.2) is 40.6 Å². The summed E-state index contributed by atoms with van der Waals surface area (Å²) in [5, 5.41) is 2.92. The molecule has 1 unspecified atom stereocenters. The van der Waals surface area contributed by atoms with Gasteiger partial charge < -0.3 is 16.0 Å². The second-order valence-electron chi connectivity index (χ2n) is 8.53. The van der Waals surface area contributed by atoms with Gasteiger partial charge in [-0.1, -0.05) is 17.7 Å². The number of nitrogens with zero attached hydrogens (tertiary/aromatic N) is 2. The molecule has 1 saturated heterocycles. The zero-order valence-electron chi connectivity index (χ0n) is 18.3. The fraction of sp³-hybridized carbons (Fsp3) is 0.455. The van der Waals surface area contributed by atoms with Gasteiger partial charge in [0.15, 0.2) is 6.17 Å². The Balaban J connectivity index is 1.68. The summed E-state index contributed by atoms with van der Waals surface area (Å²) in [4.78, 5) is 28.1. The Morgan fingerprint density at radius 3 is 2.50 bits per heavy atom. The van der Waals surface area contributed by atoms with E-state index in [4.69, 9.17) is 17.3 Å². The summed E-state index contributed by atoms with van der Waals surface area (Å²) < 4.78 is 42.1. The van der Waals surface area contributed by atoms with Gasteiger partial charge >= 0.3 is 0 Å². The number of nitrogens with two attached hydrogens (primary N) is 1. The van der Waals surface area contributed by atoms with E-state index in [9.17, 15) is 22.4 Å². The zero-order valence-corrected chi connectivity index (χ0v) is 20.7. The molecule has 0 spiro atoms. The van der Waals surface area contributed by atoms with Crippen LogP contribution in [0.25, 0.3) is 0 Å². The summed E-state index contributed by atoms with van der Waals surface area (Å²) in [7, 11) is -4.12. The first kappa shape index (κ1) is 25.1. The maximum Gasteiger partial charge on any atom is 0.259 e. The van der Waals surface area contributed by atoms with E-state index in [1.54, 1.807) is 0 Å². The van der Waals surface area contributed by atoms with E-state index in [0.717, 1.165) is 34.6 Å². The third kappa shape index (κ3) is 5.28. The van der Waals surface area contributed by atoms with Gasteiger partial charge in [0.25, 0.3) is 21.8 Å². The van der Waals surface area contributed by atoms with E-state index in [1.807, 2.05) is 0 Å². The van der Waals surface area contributed by atoms with Crippen molar-refractivity contribution >= 4 is 44.8 Å². The predicted molar refractivity (Wildman–Crippen MR) is 127 cm³/mol. The lowest BCUT2D eigenvalue weighted by Crippen LogP contribution is -2.64. The number of amides is 2. The van der Waals surface area contributed by atoms with Gasteiger partial charge in [-0.2, -0.15) is 4.31 Å². The molecule has 34 heavy (non-hydrogen) atoms. The summed E-state index contributed by atoms with van der Waals surface area (Å²) in [6.07, 6.45) is 1.75. The SMILES string of the molecule is NC1CCC(NC(=O)C2N(C(=O)c3cccc(F)c3)CCCN2S(=O)(=O)c2ccc(Cl)s2)CC1. The molecule has 4 rings (SSSR count). The van der Waals surface area contributed by atoms with Crippen LogP contribution >= 0.6 is 22.9 Å². The lowest BCUT2D eigenvalue weighted by molar-refractivity contribution is -0.132. The monoisotopic (exact) mass is 528 g/mol. The summed E-state index contributed by atoms with van der Waals surface area (Å²) in [6, 6.07) is 7.89. The van der Waals surface area contributed by atoms with Gasteiger partial charge in [0, 0.05) is 30.7 Å². The number of nitrogens with one attached hydrogen (secondary N) is 1. The fourth-order valence-electron chi connectivity index (χ4n) is 4.41. The molecular weight excluding hydrogens is 503 g/mol. The van der Waals surface area contributed by atoms with Crippen molar-refractivity contribution in [2.45, 2.75) is 54.6 Å². The van der Waals surface area contributed by atoms with Crippen molar-refractivity contribution in [1.29, 1.82) is 0 Å². The van der Waals surface area contributed by atoms with E-state index in [-0.39, 0.29) is 34.9 Å². The molecule has 0 radical (unpaired) electrons. The molecule has 2 amide bonds. The van der Waals surface area contributed by atoms with Crippen LogP contribution in [0.3, 0.4) is 0 Å². The Hall–Kier alpha value is -2.05. The average molecular weight is 529 g/mol. The maximum absolute atomic E-state index is 13.8. The van der Waals surface area contributed by atoms with Gasteiger partial charge in [0.1, 0.15) is 10.0 Å². The minimum atomic E-state index is -4.12. The standard InChI is InChI=1S/C22H26ClFN4O4S2/c23-18-9-10-19(33-18)34(31,32)28-12-2-11-27(22(30)14-3-1-4-15(24)13-14)21(28)20(29)26-17-7-5-16(25)6-8-17/h1,3-4,9-10,13,16-17,21H,2,5-8,11-12,25H2,(H,26,29). The number of carbonyl (C=O) groups excluding carboxylic acids is 2. The summed E-state index contributed by atoms with van der Waals surface area (Å²) in [5.41, 5.74) is 6.00. The molecule has 1 aliphatic carbocycles. The number of sulfonamides is 1. The summed E-state index contributed by atoms with van der Waals surface area (Å²) in [5.74, 6) is -1.80. The highest BCUT2D eigenvalue weighted by molar-refractivity contribution is 7.91. The molecule has 1 aromatic heterocycles. The van der Waals surface area contributed by atoms with Crippen LogP contribution in [0.5, 0.6) is 0 Å². The number of thiophene rings is 1. The van der Waals surface area contributed by atoms with Gasteiger partial charge in [0.05, 0.1) is 4.34 Å². The molecule has 1 aromatic carbocycles. The van der Waals surface area contributed by atoms with Gasteiger partial charge in [-0.05, 0) is 62.4 Å². The highest BCUT2D eigenvalue weighted by atomic mass is 35.5. The molecule has 12 heteroatoms. The Morgan fingerprint density at radius 2 is 1.85 bits per heavy atom. The molecule has 2 aliphatic rings. The average Bonchev–Trinajstić information content (AvgIpc) is 3.26. The molecule has 184 valence electrons. The lowest BCUT2D eigenvalue weighted by Gasteiger charge is -2.42. The summed E-state index contributed by atoms with van der Waals surface area (Å²) in [6.45, 7) is 0.207. The molecule has 1 saturated carbocycles. The first-order chi connectivity index (χ1) is 16.2. The maximum atomic E-state index is 13.8. The Labute approximate surface area is 206 Å². The zero-order chi connectivity index (χ0) is 24.5. The highest BCUT2D eigenvalue weighted by Gasteiger charge is 2.45. The molecule has 8 nitrogen and oxygen atoms in total. The van der Waals surface area contributed by atoms with Gasteiger partial charge in [-0.15, -0.1) is 11.3 Å². The van der Waals surface area contributed by atoms with E-state index in [1.165, 1.54) is 35.2 Å². The normalized spacial score (nSPS) is 24.1. The van der Waals surface area contributed by atoms with Crippen LogP contribution in [-0.2, 0) is 14.8 Å². The predicted octanol–water partition coefficient (Wildman–Crippen LogP) is 2.79. The fourth-order valence-corrected chi connectivity index (χ4v) is 7.62. The number of hydrogen-bond donors (Lipinski definition) is 2. The highest BCUT2D eigenvalue weighted by Crippen LogP contribution is 2.32. The van der Waals surface area contributed by atoms with E-state index < -0.39 is 33.8 Å². The second-order valence-corrected chi connectivity index (χ2v) is 12.4. The molecule has 0 bridgehead atoms. The van der Waals surface area contributed by atoms with Gasteiger partial charge in [-0.3, -0.25) is 9.59 Å². The number of rotatable bonds is 5. The Kier molecular flexibility index (Phi) is 7.58. The number of hydrogen-bond acceptors (Lipinski definition) is 6. The van der Waals surface area contributed by atoms with E-state index in [0.29, 0.717) is 23.6 Å². The quantitative estimate of drug-likeness (QED) is 0.619. The lowest BCUT2D eigenvalue weighted by atomic mass is 9.92. The molecule has 2 heterocycles. The van der Waals surface area contributed by atoms with Crippen LogP contribution in [-0.4, -0.2) is 60.8 Å². The molecular formula is C22H26ClFN4O4S2. The van der Waals surface area contributed by atoms with E-state index in [2.05, 4.69) is 5.32 Å². The number of carbonyl (C=O) groups is 2. The van der Waals surface area contributed by atoms with Crippen molar-refractivity contribution < 1.29 is 22.4 Å². The van der Waals surface area contributed by atoms with E-state index >= 15 is 0 Å². The van der Waals surface area contributed by atoms with Crippen molar-refractivity contribution in [2.24, 2.45) is 5.73 Å². The van der Waals surface area contributed by atoms with Crippen LogP contribution < -0.4 is 11.1 Å². The van der Waals surface area contributed by atoms with Crippen LogP contribution in [0.1, 0.15) is 42.5 Å². The topological polar surface area (TPSA) is 113 Å². The van der Waals surface area contributed by atoms with Crippen molar-refractivity contribution in [3.63, 3.8) is 0 Å². The minimum Gasteiger partial charge on any atom is -0.350 e. The van der Waals surface area contributed by atoms with Gasteiger partial charge in [0.2, 0.25) is 0 Å². The molecule has 2 aromatic rings. The summed E-state index contributed by atoms with van der Waals surface area (Å²) >= 11 is 6.85. The Bertz CT molecular complexity index is 1170. The largest absolute Gasteiger partial charge is 0.350 e. The Morgan fingerprint density at radius 1 is 1.12 bits per heavy atom. The number of benzene rings is 1. The van der Waals surface area contributed by atoms with Crippen LogP contribution in [0.2, 0.25) is 4.34 Å². The minimum absolute atomic E-state index is 0.0148. The first-order valence-electron chi connectivity index (χ1n) is 11.1. The molecule has 3 N–H and O–H groups in total. The van der Waals surface area contributed by atoms with Gasteiger partial charge in [-0.25, -0.2) is 12.8 Å². The van der Waals surface area contributed by atoms with Crippen LogP contribution in [0.4, 0.5) is 4.39 Å². The first-order valence-corrected chi connectivity index (χ1v) is 13.7. The third-order valence-corrected chi connectivity index (χ3v) is 9.69. The second kappa shape index (κ2) is 10.3. The molecule has 1 aliphatic heterocycles. The number of halogens is 2. The van der Waals surface area contributed by atoms with Crippen molar-refractivity contribution in [1.82, 2.24) is 14.5 Å².